The van der Waals surface area contributed by atoms with Crippen LogP contribution in [-0.4, -0.2) is 53.3 Å². The molecule has 0 radical (unpaired) electrons. The molecule has 37 heavy (non-hydrogen) atoms. The number of amides is 1. The van der Waals surface area contributed by atoms with Gasteiger partial charge in [-0.3, -0.25) is 25.1 Å². The number of rotatable bonds is 4. The Morgan fingerprint density at radius 2 is 1.97 bits per heavy atom. The van der Waals surface area contributed by atoms with Crippen molar-refractivity contribution in [1.29, 1.82) is 0 Å². The topological polar surface area (TPSA) is 77.2 Å². The maximum atomic E-state index is 13.2. The molecule has 2 fully saturated rings. The molecule has 186 valence electrons. The largest absolute Gasteiger partial charge is 0.314 e. The lowest BCUT2D eigenvalue weighted by Crippen LogP contribution is -2.41. The first-order valence-corrected chi connectivity index (χ1v) is 13.0. The van der Waals surface area contributed by atoms with Crippen LogP contribution in [0.4, 0.5) is 5.69 Å². The van der Waals surface area contributed by atoms with Gasteiger partial charge in [0.25, 0.3) is 0 Å². The Labute approximate surface area is 216 Å². The highest BCUT2D eigenvalue weighted by Gasteiger charge is 2.66. The second-order valence-electron chi connectivity index (χ2n) is 10.7. The number of likely N-dealkylation sites (N-methyl/N-ethyl adjacent to an activating group) is 1. The van der Waals surface area contributed by atoms with Gasteiger partial charge in [-0.1, -0.05) is 42.5 Å². The highest BCUT2D eigenvalue weighted by Crippen LogP contribution is 2.66. The number of aromatic nitrogens is 3. The molecular formula is C30H30N6O. The number of fused-ring (bicyclic) bond motifs is 3. The summed E-state index contributed by atoms with van der Waals surface area (Å²) < 4.78 is 0. The lowest BCUT2D eigenvalue weighted by Gasteiger charge is -2.29. The summed E-state index contributed by atoms with van der Waals surface area (Å²) in [6, 6.07) is 19.2. The average molecular weight is 491 g/mol. The molecule has 1 aliphatic carbocycles. The summed E-state index contributed by atoms with van der Waals surface area (Å²) in [5.41, 5.74) is 7.00. The van der Waals surface area contributed by atoms with Crippen LogP contribution in [0.5, 0.6) is 0 Å². The number of H-pyrrole nitrogens is 1. The quantitative estimate of drug-likeness (QED) is 0.442. The van der Waals surface area contributed by atoms with Crippen LogP contribution in [0, 0.1) is 0 Å². The molecule has 3 atom stereocenters. The molecule has 7 heteroatoms. The second-order valence-corrected chi connectivity index (χ2v) is 10.7. The van der Waals surface area contributed by atoms with Crippen molar-refractivity contribution in [1.82, 2.24) is 25.4 Å². The van der Waals surface area contributed by atoms with Crippen LogP contribution in [0.3, 0.4) is 0 Å². The molecule has 4 aromatic rings. The highest BCUT2D eigenvalue weighted by atomic mass is 16.2. The molecule has 4 heterocycles. The van der Waals surface area contributed by atoms with Crippen molar-refractivity contribution in [2.24, 2.45) is 0 Å². The van der Waals surface area contributed by atoms with Crippen LogP contribution in [0.15, 0.2) is 60.8 Å². The zero-order chi connectivity index (χ0) is 25.1. The van der Waals surface area contributed by atoms with Crippen LogP contribution in [0.2, 0.25) is 0 Å². The lowest BCUT2D eigenvalue weighted by atomic mass is 9.92. The molecule has 7 rings (SSSR count). The standard InChI is InChI=1S/C30H30N6O/c1-35-14-13-26(32-18-35)25-12-8-19(17-31-25)7-11-24-21-10-9-20(15-27(21)34-33-24)23-16-30(23)22-5-3-4-6-28(22)36(2)29(30)37/h3-12,15,17,23,26,32H,13-14,16,18H2,1-2H3,(H,33,34)/b11-7+/t23-,26?,30-/m0/s1. The summed E-state index contributed by atoms with van der Waals surface area (Å²) in [4.78, 5) is 22.0. The van der Waals surface area contributed by atoms with Crippen molar-refractivity contribution in [3.8, 4) is 0 Å². The van der Waals surface area contributed by atoms with Gasteiger partial charge in [0, 0.05) is 43.4 Å². The number of para-hydroxylation sites is 1. The van der Waals surface area contributed by atoms with E-state index in [0.29, 0.717) is 6.04 Å². The Morgan fingerprint density at radius 3 is 2.78 bits per heavy atom. The van der Waals surface area contributed by atoms with E-state index < -0.39 is 5.41 Å². The number of hydrogen-bond acceptors (Lipinski definition) is 5. The van der Waals surface area contributed by atoms with E-state index in [4.69, 9.17) is 4.98 Å². The van der Waals surface area contributed by atoms with Crippen molar-refractivity contribution >= 4 is 34.6 Å². The summed E-state index contributed by atoms with van der Waals surface area (Å²) in [6.07, 6.45) is 7.95. The molecule has 1 saturated heterocycles. The van der Waals surface area contributed by atoms with Gasteiger partial charge >= 0.3 is 0 Å². The number of pyridine rings is 1. The first-order chi connectivity index (χ1) is 18.0. The Bertz CT molecular complexity index is 1530. The SMILES string of the molecule is CN1CCC(c2ccc(/C=C/c3n[nH]c4cc([C@@H]5C[C@@]56C(=O)N(C)c5ccccc56)ccc34)cn2)NC1. The number of aromatic amines is 1. The van der Waals surface area contributed by atoms with E-state index in [-0.39, 0.29) is 11.8 Å². The molecule has 2 N–H and O–H groups in total. The number of nitrogens with zero attached hydrogens (tertiary/aromatic N) is 4. The predicted molar refractivity (Wildman–Crippen MR) is 146 cm³/mol. The average Bonchev–Trinajstić information content (AvgIpc) is 3.51. The molecule has 1 saturated carbocycles. The van der Waals surface area contributed by atoms with E-state index in [1.54, 1.807) is 0 Å². The minimum absolute atomic E-state index is 0.196. The van der Waals surface area contributed by atoms with Gasteiger partial charge in [-0.25, -0.2) is 0 Å². The molecule has 0 bridgehead atoms. The summed E-state index contributed by atoms with van der Waals surface area (Å²) >= 11 is 0. The summed E-state index contributed by atoms with van der Waals surface area (Å²) in [6.45, 7) is 1.97. The number of carbonyl (C=O) groups excluding carboxylic acids is 1. The number of benzene rings is 2. The molecule has 2 aliphatic heterocycles. The summed E-state index contributed by atoms with van der Waals surface area (Å²) in [7, 11) is 4.01. The molecule has 1 unspecified atom stereocenters. The molecule has 2 aromatic carbocycles. The van der Waals surface area contributed by atoms with Crippen LogP contribution in [0.25, 0.3) is 23.1 Å². The van der Waals surface area contributed by atoms with E-state index in [9.17, 15) is 4.79 Å². The smallest absolute Gasteiger partial charge is 0.238 e. The van der Waals surface area contributed by atoms with Crippen molar-refractivity contribution in [3.05, 3.63) is 88.9 Å². The Balaban J connectivity index is 1.10. The third-order valence-electron chi connectivity index (χ3n) is 8.42. The molecule has 7 nitrogen and oxygen atoms in total. The fourth-order valence-electron chi connectivity index (χ4n) is 6.21. The third kappa shape index (κ3) is 3.53. The molecule has 1 amide bonds. The van der Waals surface area contributed by atoms with Crippen molar-refractivity contribution in [2.75, 3.05) is 32.2 Å². The Morgan fingerprint density at radius 1 is 1.08 bits per heavy atom. The number of anilines is 1. The van der Waals surface area contributed by atoms with E-state index in [1.165, 1.54) is 5.56 Å². The molecular weight excluding hydrogens is 460 g/mol. The lowest BCUT2D eigenvalue weighted by molar-refractivity contribution is -0.120. The maximum Gasteiger partial charge on any atom is 0.238 e. The van der Waals surface area contributed by atoms with Crippen molar-refractivity contribution < 1.29 is 4.79 Å². The second kappa shape index (κ2) is 8.36. The Hall–Kier alpha value is -3.81. The van der Waals surface area contributed by atoms with Crippen molar-refractivity contribution in [2.45, 2.75) is 30.2 Å². The zero-order valence-corrected chi connectivity index (χ0v) is 21.1. The minimum atomic E-state index is -0.413. The van der Waals surface area contributed by atoms with Gasteiger partial charge in [0.05, 0.1) is 28.4 Å². The van der Waals surface area contributed by atoms with Crippen LogP contribution in [-0.2, 0) is 10.2 Å². The fourth-order valence-corrected chi connectivity index (χ4v) is 6.21. The van der Waals surface area contributed by atoms with Gasteiger partial charge in [0.1, 0.15) is 0 Å². The third-order valence-corrected chi connectivity index (χ3v) is 8.42. The van der Waals surface area contributed by atoms with Crippen LogP contribution >= 0.6 is 0 Å². The van der Waals surface area contributed by atoms with Gasteiger partial charge in [-0.2, -0.15) is 5.10 Å². The predicted octanol–water partition coefficient (Wildman–Crippen LogP) is 4.45. The van der Waals surface area contributed by atoms with E-state index in [0.717, 1.165) is 65.2 Å². The minimum Gasteiger partial charge on any atom is -0.314 e. The van der Waals surface area contributed by atoms with Crippen LogP contribution in [0.1, 0.15) is 52.9 Å². The molecule has 1 spiro atoms. The highest BCUT2D eigenvalue weighted by molar-refractivity contribution is 6.11. The van der Waals surface area contributed by atoms with Gasteiger partial charge in [-0.05, 0) is 60.9 Å². The first kappa shape index (κ1) is 22.4. The molecule has 3 aliphatic rings. The maximum absolute atomic E-state index is 13.2. The van der Waals surface area contributed by atoms with Crippen LogP contribution < -0.4 is 10.2 Å². The summed E-state index contributed by atoms with van der Waals surface area (Å²) in [5, 5.41) is 12.4. The Kier molecular flexibility index (Phi) is 5.06. The van der Waals surface area contributed by atoms with E-state index in [1.807, 2.05) is 42.4 Å². The van der Waals surface area contributed by atoms with Gasteiger partial charge < -0.3 is 4.90 Å². The first-order valence-electron chi connectivity index (χ1n) is 13.0. The molecule has 2 aromatic heterocycles. The number of nitrogens with one attached hydrogen (secondary N) is 2. The normalized spacial score (nSPS) is 25.5. The number of hydrogen-bond donors (Lipinski definition) is 2. The van der Waals surface area contributed by atoms with E-state index in [2.05, 4.69) is 69.9 Å². The monoisotopic (exact) mass is 490 g/mol. The number of carbonyl (C=O) groups is 1. The zero-order valence-electron chi connectivity index (χ0n) is 21.1. The van der Waals surface area contributed by atoms with Crippen molar-refractivity contribution in [3.63, 3.8) is 0 Å². The van der Waals surface area contributed by atoms with Gasteiger partial charge in [-0.15, -0.1) is 0 Å². The summed E-state index contributed by atoms with van der Waals surface area (Å²) in [5.74, 6) is 0.402. The van der Waals surface area contributed by atoms with Gasteiger partial charge in [0.2, 0.25) is 5.91 Å². The van der Waals surface area contributed by atoms with Gasteiger partial charge in [0.15, 0.2) is 0 Å². The van der Waals surface area contributed by atoms with E-state index >= 15 is 0 Å². The fraction of sp³-hybridized carbons (Fsp3) is 0.300.